The number of piperazine rings is 1. The molecular weight excluding hydrogens is 557 g/mol. The maximum atomic E-state index is 15.0. The van der Waals surface area contributed by atoms with E-state index in [1.165, 1.54) is 16.7 Å². The number of aryl methyl sites for hydroxylation is 1. The molecule has 0 N–H and O–H groups in total. The number of carbonyl (C=O) groups excluding carboxylic acids is 2. The standard InChI is InChI=1S/C32H31ClFN5O3/c1-6-27(41)37-11-12-38(20(5)16-37)30-24-15-25(33)28(22-9-7-8-10-26(22)34)35-31(24)39(32(42)36-30)29-19(4)13-21(17-40)14-23(29)18(2)3/h6-10,13-15,17-18,20H,1,11-12,16H2,2-5H3. The number of aldehydes is 1. The zero-order chi connectivity index (χ0) is 30.3. The Morgan fingerprint density at radius 1 is 1.17 bits per heavy atom. The van der Waals surface area contributed by atoms with Crippen molar-refractivity contribution in [2.75, 3.05) is 24.5 Å². The molecule has 1 fully saturated rings. The van der Waals surface area contributed by atoms with E-state index >= 15 is 0 Å². The van der Waals surface area contributed by atoms with Crippen molar-refractivity contribution in [1.82, 2.24) is 19.4 Å². The van der Waals surface area contributed by atoms with Gasteiger partial charge >= 0.3 is 5.69 Å². The Balaban J connectivity index is 1.83. The van der Waals surface area contributed by atoms with Crippen LogP contribution in [0.15, 0.2) is 59.9 Å². The van der Waals surface area contributed by atoms with Gasteiger partial charge in [-0.05, 0) is 67.3 Å². The molecule has 0 bridgehead atoms. The number of hydrogen-bond acceptors (Lipinski definition) is 6. The van der Waals surface area contributed by atoms with Crippen LogP contribution in [0.3, 0.4) is 0 Å². The Hall–Kier alpha value is -4.37. The van der Waals surface area contributed by atoms with E-state index in [2.05, 4.69) is 11.6 Å². The van der Waals surface area contributed by atoms with Gasteiger partial charge in [-0.2, -0.15) is 4.98 Å². The van der Waals surface area contributed by atoms with E-state index in [0.717, 1.165) is 11.8 Å². The van der Waals surface area contributed by atoms with Crippen molar-refractivity contribution in [2.24, 2.45) is 0 Å². The summed E-state index contributed by atoms with van der Waals surface area (Å²) in [4.78, 5) is 51.1. The Kier molecular flexibility index (Phi) is 7.97. The summed E-state index contributed by atoms with van der Waals surface area (Å²) >= 11 is 6.77. The lowest BCUT2D eigenvalue weighted by atomic mass is 9.95. The van der Waals surface area contributed by atoms with E-state index in [-0.39, 0.29) is 39.8 Å². The minimum absolute atomic E-state index is 0.0472. The highest BCUT2D eigenvalue weighted by atomic mass is 35.5. The molecule has 1 atom stereocenters. The van der Waals surface area contributed by atoms with Crippen LogP contribution in [0, 0.1) is 12.7 Å². The van der Waals surface area contributed by atoms with Gasteiger partial charge in [-0.25, -0.2) is 18.7 Å². The smallest absolute Gasteiger partial charge is 0.350 e. The summed E-state index contributed by atoms with van der Waals surface area (Å²) < 4.78 is 16.4. The van der Waals surface area contributed by atoms with E-state index in [4.69, 9.17) is 16.6 Å². The second-order valence-electron chi connectivity index (χ2n) is 10.8. The third kappa shape index (κ3) is 5.09. The van der Waals surface area contributed by atoms with Crippen LogP contribution in [0.5, 0.6) is 0 Å². The first kappa shape index (κ1) is 29.1. The molecule has 10 heteroatoms. The Morgan fingerprint density at radius 2 is 1.90 bits per heavy atom. The van der Waals surface area contributed by atoms with E-state index in [1.807, 2.05) is 32.6 Å². The molecule has 0 saturated carbocycles. The molecule has 0 spiro atoms. The van der Waals surface area contributed by atoms with Crippen molar-refractivity contribution < 1.29 is 14.0 Å². The molecule has 3 heterocycles. The van der Waals surface area contributed by atoms with Gasteiger partial charge in [0.2, 0.25) is 5.91 Å². The zero-order valence-corrected chi connectivity index (χ0v) is 24.7. The van der Waals surface area contributed by atoms with E-state index < -0.39 is 11.5 Å². The number of amides is 1. The van der Waals surface area contributed by atoms with E-state index in [0.29, 0.717) is 47.7 Å². The van der Waals surface area contributed by atoms with Crippen LogP contribution >= 0.6 is 11.6 Å². The summed E-state index contributed by atoms with van der Waals surface area (Å²) in [5.74, 6) is -0.328. The molecule has 1 saturated heterocycles. The summed E-state index contributed by atoms with van der Waals surface area (Å²) in [6.07, 6.45) is 2.06. The minimum Gasteiger partial charge on any atom is -0.350 e. The normalized spacial score (nSPS) is 15.4. The van der Waals surface area contributed by atoms with Gasteiger partial charge in [0.05, 0.1) is 21.8 Å². The van der Waals surface area contributed by atoms with Crippen LogP contribution in [-0.4, -0.2) is 57.3 Å². The molecular formula is C32H31ClFN5O3. The number of pyridine rings is 1. The molecule has 216 valence electrons. The van der Waals surface area contributed by atoms with Crippen LogP contribution in [0.25, 0.3) is 28.0 Å². The third-order valence-corrected chi connectivity index (χ3v) is 7.94. The monoisotopic (exact) mass is 587 g/mol. The summed E-state index contributed by atoms with van der Waals surface area (Å²) in [6, 6.07) is 11.1. The minimum atomic E-state index is -0.576. The van der Waals surface area contributed by atoms with Gasteiger partial charge in [0, 0.05) is 36.8 Å². The highest BCUT2D eigenvalue weighted by Crippen LogP contribution is 2.36. The molecule has 2 aromatic heterocycles. The fraction of sp³-hybridized carbons (Fsp3) is 0.281. The lowest BCUT2D eigenvalue weighted by Gasteiger charge is -2.40. The summed E-state index contributed by atoms with van der Waals surface area (Å²) in [6.45, 7) is 12.6. The highest BCUT2D eigenvalue weighted by Gasteiger charge is 2.30. The third-order valence-electron chi connectivity index (χ3n) is 7.65. The molecule has 0 radical (unpaired) electrons. The molecule has 4 aromatic rings. The SMILES string of the molecule is C=CC(=O)N1CCN(c2nc(=O)n(-c3c(C)cc(C=O)cc3C(C)C)c3nc(-c4ccccc4F)c(Cl)cc23)C(C)C1. The quantitative estimate of drug-likeness (QED) is 0.212. The number of nitrogens with zero attached hydrogens (tertiary/aromatic N) is 5. The van der Waals surface area contributed by atoms with Gasteiger partial charge in [-0.3, -0.25) is 9.59 Å². The number of benzene rings is 2. The van der Waals surface area contributed by atoms with E-state index in [9.17, 15) is 18.8 Å². The van der Waals surface area contributed by atoms with Gasteiger partial charge in [0.15, 0.2) is 5.65 Å². The molecule has 42 heavy (non-hydrogen) atoms. The molecule has 8 nitrogen and oxygen atoms in total. The first-order chi connectivity index (χ1) is 20.0. The first-order valence-corrected chi connectivity index (χ1v) is 14.1. The van der Waals surface area contributed by atoms with Crippen LogP contribution in [0.1, 0.15) is 48.2 Å². The number of rotatable bonds is 6. The molecule has 2 aromatic carbocycles. The predicted molar refractivity (Wildman–Crippen MR) is 163 cm³/mol. The lowest BCUT2D eigenvalue weighted by Crippen LogP contribution is -2.54. The van der Waals surface area contributed by atoms with Crippen LogP contribution < -0.4 is 10.6 Å². The van der Waals surface area contributed by atoms with Gasteiger partial charge in [-0.15, -0.1) is 0 Å². The van der Waals surface area contributed by atoms with Crippen molar-refractivity contribution >= 4 is 40.6 Å². The second-order valence-corrected chi connectivity index (χ2v) is 11.2. The van der Waals surface area contributed by atoms with Crippen molar-refractivity contribution in [2.45, 2.75) is 39.7 Å². The number of hydrogen-bond donors (Lipinski definition) is 0. The average Bonchev–Trinajstić information content (AvgIpc) is 2.96. The highest BCUT2D eigenvalue weighted by molar-refractivity contribution is 6.33. The van der Waals surface area contributed by atoms with E-state index in [1.54, 1.807) is 41.3 Å². The van der Waals surface area contributed by atoms with Crippen molar-refractivity contribution in [3.63, 3.8) is 0 Å². The topological polar surface area (TPSA) is 88.4 Å². The fourth-order valence-corrected chi connectivity index (χ4v) is 5.87. The van der Waals surface area contributed by atoms with Crippen molar-refractivity contribution in [1.29, 1.82) is 0 Å². The Labute approximate surface area is 248 Å². The van der Waals surface area contributed by atoms with Crippen LogP contribution in [-0.2, 0) is 4.79 Å². The summed E-state index contributed by atoms with van der Waals surface area (Å²) in [5, 5.41) is 0.703. The number of fused-ring (bicyclic) bond motifs is 1. The van der Waals surface area contributed by atoms with Gasteiger partial charge in [0.1, 0.15) is 17.9 Å². The molecule has 0 aliphatic carbocycles. The van der Waals surface area contributed by atoms with Gasteiger partial charge < -0.3 is 9.80 Å². The largest absolute Gasteiger partial charge is 0.355 e. The Bertz CT molecular complexity index is 1800. The molecule has 1 unspecified atom stereocenters. The summed E-state index contributed by atoms with van der Waals surface area (Å²) in [5.41, 5.74) is 2.58. The predicted octanol–water partition coefficient (Wildman–Crippen LogP) is 5.71. The summed E-state index contributed by atoms with van der Waals surface area (Å²) in [7, 11) is 0. The number of halogens is 2. The van der Waals surface area contributed by atoms with Gasteiger partial charge in [-0.1, -0.05) is 44.2 Å². The lowest BCUT2D eigenvalue weighted by molar-refractivity contribution is -0.126. The fourth-order valence-electron chi connectivity index (χ4n) is 5.62. The van der Waals surface area contributed by atoms with Gasteiger partial charge in [0.25, 0.3) is 0 Å². The van der Waals surface area contributed by atoms with Crippen LogP contribution in [0.2, 0.25) is 5.02 Å². The molecule has 1 aliphatic rings. The number of aromatic nitrogens is 3. The van der Waals surface area contributed by atoms with Crippen molar-refractivity contribution in [3.05, 3.63) is 93.1 Å². The average molecular weight is 588 g/mol. The zero-order valence-electron chi connectivity index (χ0n) is 23.9. The molecule has 1 amide bonds. The van der Waals surface area contributed by atoms with Crippen LogP contribution in [0.4, 0.5) is 10.2 Å². The maximum Gasteiger partial charge on any atom is 0.355 e. The maximum absolute atomic E-state index is 15.0. The second kappa shape index (κ2) is 11.5. The number of carbonyl (C=O) groups is 2. The van der Waals surface area contributed by atoms with Crippen molar-refractivity contribution in [3.8, 4) is 16.9 Å². The number of anilines is 1. The molecule has 1 aliphatic heterocycles. The first-order valence-electron chi connectivity index (χ1n) is 13.7. The molecule has 5 rings (SSSR count). The Morgan fingerprint density at radius 3 is 2.55 bits per heavy atom.